The molecule has 1 aromatic heterocycles. The van der Waals surface area contributed by atoms with Gasteiger partial charge in [0.05, 0.1) is 6.54 Å². The molecule has 26 heavy (non-hydrogen) atoms. The van der Waals surface area contributed by atoms with Crippen molar-refractivity contribution < 1.29 is 17.9 Å². The van der Waals surface area contributed by atoms with E-state index in [1.54, 1.807) is 30.1 Å². The zero-order valence-corrected chi connectivity index (χ0v) is 16.6. The molecule has 0 spiro atoms. The maximum absolute atomic E-state index is 12.1. The van der Waals surface area contributed by atoms with Gasteiger partial charge < -0.3 is 19.9 Å². The Kier molecular flexibility index (Phi) is 8.61. The number of rotatable bonds is 6. The van der Waals surface area contributed by atoms with Crippen molar-refractivity contribution in [2.45, 2.75) is 19.3 Å². The van der Waals surface area contributed by atoms with Crippen LogP contribution in [0.3, 0.4) is 0 Å². The zero-order valence-electron chi connectivity index (χ0n) is 14.2. The minimum absolute atomic E-state index is 0. The van der Waals surface area contributed by atoms with Gasteiger partial charge in [-0.2, -0.15) is 13.2 Å². The first-order valence-corrected chi connectivity index (χ1v) is 7.43. The summed E-state index contributed by atoms with van der Waals surface area (Å²) in [5, 5.41) is 13.9. The van der Waals surface area contributed by atoms with Gasteiger partial charge in [0.25, 0.3) is 0 Å². The molecule has 0 aliphatic heterocycles. The summed E-state index contributed by atoms with van der Waals surface area (Å²) in [6, 6.07) is 6.38. The molecule has 0 unspecified atom stereocenters. The molecule has 2 N–H and O–H groups in total. The molecule has 0 radical (unpaired) electrons. The van der Waals surface area contributed by atoms with Crippen molar-refractivity contribution in [2.24, 2.45) is 12.0 Å². The molecule has 144 valence electrons. The lowest BCUT2D eigenvalue weighted by Crippen LogP contribution is -2.36. The van der Waals surface area contributed by atoms with Gasteiger partial charge in [-0.25, -0.2) is 0 Å². The number of aryl methyl sites for hydroxylation is 1. The third-order valence-corrected chi connectivity index (χ3v) is 3.23. The summed E-state index contributed by atoms with van der Waals surface area (Å²) in [6.45, 7) is -0.387. The molecular formula is C15H20F3IN6O. The lowest BCUT2D eigenvalue weighted by molar-refractivity contribution is -0.153. The Morgan fingerprint density at radius 1 is 1.19 bits per heavy atom. The van der Waals surface area contributed by atoms with E-state index >= 15 is 0 Å². The molecule has 0 saturated carbocycles. The number of benzene rings is 1. The first-order chi connectivity index (χ1) is 11.9. The first-order valence-electron chi connectivity index (χ1n) is 7.43. The van der Waals surface area contributed by atoms with E-state index in [1.165, 1.54) is 12.1 Å². The van der Waals surface area contributed by atoms with Crippen molar-refractivity contribution in [1.82, 2.24) is 25.4 Å². The minimum atomic E-state index is -4.35. The molecule has 0 bridgehead atoms. The van der Waals surface area contributed by atoms with Crippen LogP contribution in [0.15, 0.2) is 35.6 Å². The van der Waals surface area contributed by atoms with E-state index in [9.17, 15) is 13.2 Å². The summed E-state index contributed by atoms with van der Waals surface area (Å²) >= 11 is 0. The molecule has 2 aromatic rings. The quantitative estimate of drug-likeness (QED) is 0.374. The van der Waals surface area contributed by atoms with Crippen molar-refractivity contribution in [3.05, 3.63) is 42.0 Å². The largest absolute Gasteiger partial charge is 0.484 e. The Bertz CT molecular complexity index is 702. The number of ether oxygens (including phenoxy) is 1. The van der Waals surface area contributed by atoms with Crippen LogP contribution in [-0.2, 0) is 20.1 Å². The van der Waals surface area contributed by atoms with Crippen LogP contribution < -0.4 is 15.4 Å². The van der Waals surface area contributed by atoms with Gasteiger partial charge in [-0.05, 0) is 17.7 Å². The Labute approximate surface area is 166 Å². The Morgan fingerprint density at radius 2 is 1.85 bits per heavy atom. The summed E-state index contributed by atoms with van der Waals surface area (Å²) in [6.07, 6.45) is -2.74. The fourth-order valence-corrected chi connectivity index (χ4v) is 1.91. The van der Waals surface area contributed by atoms with E-state index in [4.69, 9.17) is 0 Å². The summed E-state index contributed by atoms with van der Waals surface area (Å²) in [7, 11) is 3.48. The second-order valence-corrected chi connectivity index (χ2v) is 5.19. The molecule has 0 saturated heterocycles. The number of hydrogen-bond acceptors (Lipinski definition) is 4. The number of aliphatic imine (C=N–C) groups is 1. The van der Waals surface area contributed by atoms with E-state index in [2.05, 4.69) is 30.6 Å². The monoisotopic (exact) mass is 484 g/mol. The van der Waals surface area contributed by atoms with Crippen LogP contribution in [0.25, 0.3) is 0 Å². The smallest absolute Gasteiger partial charge is 0.422 e. The molecule has 0 atom stereocenters. The van der Waals surface area contributed by atoms with Gasteiger partial charge in [0.2, 0.25) is 0 Å². The van der Waals surface area contributed by atoms with Crippen molar-refractivity contribution in [3.8, 4) is 5.75 Å². The van der Waals surface area contributed by atoms with E-state index in [-0.39, 0.29) is 29.7 Å². The molecule has 0 aliphatic rings. The van der Waals surface area contributed by atoms with Gasteiger partial charge in [0.1, 0.15) is 12.1 Å². The molecule has 1 aromatic carbocycles. The predicted molar refractivity (Wildman–Crippen MR) is 101 cm³/mol. The molecular weight excluding hydrogens is 464 g/mol. The molecule has 11 heteroatoms. The number of nitrogens with zero attached hydrogens (tertiary/aromatic N) is 4. The molecule has 0 amide bonds. The third kappa shape index (κ3) is 7.45. The number of guanidine groups is 1. The minimum Gasteiger partial charge on any atom is -0.484 e. The Hall–Kier alpha value is -2.05. The molecule has 7 nitrogen and oxygen atoms in total. The standard InChI is InChI=1S/C15H19F3N6O.HI/c1-19-14(21-8-13-23-22-10-24(13)2)20-7-11-3-5-12(6-4-11)25-9-15(16,17)18;/h3-6,10H,7-9H2,1-2H3,(H2,19,20,21);1H. The number of hydrogen-bond donors (Lipinski definition) is 2. The van der Waals surface area contributed by atoms with Gasteiger partial charge in [0, 0.05) is 20.6 Å². The van der Waals surface area contributed by atoms with Crippen LogP contribution in [0.5, 0.6) is 5.75 Å². The normalized spacial score (nSPS) is 11.7. The second-order valence-electron chi connectivity index (χ2n) is 5.19. The van der Waals surface area contributed by atoms with Gasteiger partial charge in [-0.1, -0.05) is 12.1 Å². The van der Waals surface area contributed by atoms with Crippen molar-refractivity contribution >= 4 is 29.9 Å². The summed E-state index contributed by atoms with van der Waals surface area (Å²) in [5.41, 5.74) is 0.876. The fraction of sp³-hybridized carbons (Fsp3) is 0.400. The van der Waals surface area contributed by atoms with Crippen LogP contribution in [0, 0.1) is 0 Å². The first kappa shape index (κ1) is 22.0. The highest BCUT2D eigenvalue weighted by Gasteiger charge is 2.28. The number of halogens is 4. The second kappa shape index (κ2) is 10.2. The van der Waals surface area contributed by atoms with E-state index in [0.29, 0.717) is 19.0 Å². The predicted octanol–water partition coefficient (Wildman–Crippen LogP) is 2.24. The number of nitrogens with one attached hydrogen (secondary N) is 2. The molecule has 1 heterocycles. The van der Waals surface area contributed by atoms with Crippen molar-refractivity contribution in [3.63, 3.8) is 0 Å². The highest BCUT2D eigenvalue weighted by atomic mass is 127. The van der Waals surface area contributed by atoms with Crippen LogP contribution in [-0.4, -0.2) is 40.6 Å². The van der Waals surface area contributed by atoms with Gasteiger partial charge >= 0.3 is 6.18 Å². The topological polar surface area (TPSA) is 76.4 Å². The van der Waals surface area contributed by atoms with Crippen molar-refractivity contribution in [1.29, 1.82) is 0 Å². The summed E-state index contributed by atoms with van der Waals surface area (Å²) in [4.78, 5) is 4.09. The van der Waals surface area contributed by atoms with E-state index in [0.717, 1.165) is 11.4 Å². The SMILES string of the molecule is CN=C(NCc1ccc(OCC(F)(F)F)cc1)NCc1nncn1C.I. The lowest BCUT2D eigenvalue weighted by atomic mass is 10.2. The summed E-state index contributed by atoms with van der Waals surface area (Å²) in [5.74, 6) is 1.50. The highest BCUT2D eigenvalue weighted by Crippen LogP contribution is 2.18. The molecule has 0 fully saturated rings. The van der Waals surface area contributed by atoms with Crippen LogP contribution in [0.4, 0.5) is 13.2 Å². The van der Waals surface area contributed by atoms with Crippen molar-refractivity contribution in [2.75, 3.05) is 13.7 Å². The average Bonchev–Trinajstić information content (AvgIpc) is 2.98. The zero-order chi connectivity index (χ0) is 18.3. The average molecular weight is 484 g/mol. The van der Waals surface area contributed by atoms with E-state index < -0.39 is 12.8 Å². The van der Waals surface area contributed by atoms with Crippen LogP contribution in [0.2, 0.25) is 0 Å². The van der Waals surface area contributed by atoms with Crippen LogP contribution >= 0.6 is 24.0 Å². The van der Waals surface area contributed by atoms with Gasteiger partial charge in [-0.3, -0.25) is 4.99 Å². The number of aromatic nitrogens is 3. The van der Waals surface area contributed by atoms with Gasteiger partial charge in [-0.15, -0.1) is 34.2 Å². The molecule has 2 rings (SSSR count). The summed E-state index contributed by atoms with van der Waals surface area (Å²) < 4.78 is 42.8. The third-order valence-electron chi connectivity index (χ3n) is 3.23. The Balaban J connectivity index is 0.00000338. The van der Waals surface area contributed by atoms with E-state index in [1.807, 2.05) is 7.05 Å². The highest BCUT2D eigenvalue weighted by molar-refractivity contribution is 14.0. The maximum atomic E-state index is 12.1. The number of alkyl halides is 3. The molecule has 0 aliphatic carbocycles. The van der Waals surface area contributed by atoms with Crippen LogP contribution in [0.1, 0.15) is 11.4 Å². The Morgan fingerprint density at radius 3 is 2.38 bits per heavy atom. The lowest BCUT2D eigenvalue weighted by Gasteiger charge is -2.12. The van der Waals surface area contributed by atoms with Gasteiger partial charge in [0.15, 0.2) is 18.4 Å². The fourth-order valence-electron chi connectivity index (χ4n) is 1.91. The maximum Gasteiger partial charge on any atom is 0.422 e.